The lowest BCUT2D eigenvalue weighted by molar-refractivity contribution is 1.06. The summed E-state index contributed by atoms with van der Waals surface area (Å²) in [5, 5.41) is 3.27. The summed E-state index contributed by atoms with van der Waals surface area (Å²) in [6, 6.07) is 0.567. The van der Waals surface area contributed by atoms with Gasteiger partial charge in [-0.3, -0.25) is 5.43 Å². The molecule has 4 N–H and O–H groups in total. The van der Waals surface area contributed by atoms with E-state index >= 15 is 0 Å². The quantitative estimate of drug-likeness (QED) is 0.548. The molecule has 0 saturated heterocycles. The second-order valence-electron chi connectivity index (χ2n) is 2.95. The van der Waals surface area contributed by atoms with Crippen molar-refractivity contribution >= 4 is 27.7 Å². The summed E-state index contributed by atoms with van der Waals surface area (Å²) in [6.07, 6.45) is 4.09. The van der Waals surface area contributed by atoms with Crippen molar-refractivity contribution in [3.8, 4) is 0 Å². The predicted octanol–water partition coefficient (Wildman–Crippen LogP) is 1.10. The van der Waals surface area contributed by atoms with Gasteiger partial charge in [-0.15, -0.1) is 0 Å². The lowest BCUT2D eigenvalue weighted by atomic mass is 10.5. The molecular formula is C7H10BrN5. The summed E-state index contributed by atoms with van der Waals surface area (Å²) in [4.78, 5) is 8.12. The molecule has 0 amide bonds. The first kappa shape index (κ1) is 8.71. The molecule has 1 saturated carbocycles. The third-order valence-electron chi connectivity index (χ3n) is 1.79. The fraction of sp³-hybridized carbons (Fsp3) is 0.429. The van der Waals surface area contributed by atoms with Crippen LogP contribution in [-0.2, 0) is 0 Å². The molecule has 2 rings (SSSR count). The molecule has 0 unspecified atom stereocenters. The van der Waals surface area contributed by atoms with Crippen LogP contribution in [-0.4, -0.2) is 16.0 Å². The molecule has 0 aromatic carbocycles. The molecule has 0 radical (unpaired) electrons. The largest absolute Gasteiger partial charge is 0.366 e. The molecule has 13 heavy (non-hydrogen) atoms. The van der Waals surface area contributed by atoms with E-state index in [9.17, 15) is 0 Å². The van der Waals surface area contributed by atoms with Crippen molar-refractivity contribution in [2.45, 2.75) is 18.9 Å². The summed E-state index contributed by atoms with van der Waals surface area (Å²) < 4.78 is 0.860. The zero-order valence-corrected chi connectivity index (χ0v) is 8.50. The number of aromatic nitrogens is 2. The lowest BCUT2D eigenvalue weighted by Crippen LogP contribution is -2.12. The minimum absolute atomic E-state index is 0.423. The number of hydrogen-bond donors (Lipinski definition) is 3. The first-order valence-electron chi connectivity index (χ1n) is 4.05. The van der Waals surface area contributed by atoms with Gasteiger partial charge in [-0.1, -0.05) is 0 Å². The van der Waals surface area contributed by atoms with Gasteiger partial charge in [0.2, 0.25) is 5.95 Å². The average Bonchev–Trinajstić information content (AvgIpc) is 2.93. The van der Waals surface area contributed by atoms with E-state index in [-0.39, 0.29) is 0 Å². The van der Waals surface area contributed by atoms with Gasteiger partial charge in [0.25, 0.3) is 0 Å². The van der Waals surface area contributed by atoms with E-state index in [2.05, 4.69) is 36.6 Å². The maximum atomic E-state index is 5.20. The summed E-state index contributed by atoms with van der Waals surface area (Å²) in [5.41, 5.74) is 2.41. The molecule has 0 aliphatic heterocycles. The number of nitrogens with two attached hydrogens (primary N) is 1. The molecule has 1 aliphatic carbocycles. The molecule has 1 fully saturated rings. The lowest BCUT2D eigenvalue weighted by Gasteiger charge is -2.06. The average molecular weight is 244 g/mol. The Bertz CT molecular complexity index is 312. The Labute approximate surface area is 84.2 Å². The molecule has 1 aromatic heterocycles. The number of nitrogens with one attached hydrogen (secondary N) is 2. The van der Waals surface area contributed by atoms with Gasteiger partial charge in [-0.25, -0.2) is 10.8 Å². The second-order valence-corrected chi connectivity index (χ2v) is 3.81. The predicted molar refractivity (Wildman–Crippen MR) is 54.2 cm³/mol. The number of rotatable bonds is 3. The highest BCUT2D eigenvalue weighted by atomic mass is 79.9. The van der Waals surface area contributed by atoms with Crippen LogP contribution in [0.2, 0.25) is 0 Å². The Kier molecular flexibility index (Phi) is 2.32. The van der Waals surface area contributed by atoms with Crippen LogP contribution in [0.1, 0.15) is 12.8 Å². The highest BCUT2D eigenvalue weighted by Gasteiger charge is 2.22. The van der Waals surface area contributed by atoms with Crippen molar-refractivity contribution in [3.05, 3.63) is 10.7 Å². The highest BCUT2D eigenvalue weighted by Crippen LogP contribution is 2.28. The SMILES string of the molecule is NNc1ncc(Br)c(NC2CC2)n1. The van der Waals surface area contributed by atoms with Gasteiger partial charge >= 0.3 is 0 Å². The van der Waals surface area contributed by atoms with Gasteiger partial charge in [0.15, 0.2) is 0 Å². The number of hydrogen-bond acceptors (Lipinski definition) is 5. The second kappa shape index (κ2) is 3.47. The van der Waals surface area contributed by atoms with Gasteiger partial charge in [0.05, 0.1) is 4.47 Å². The highest BCUT2D eigenvalue weighted by molar-refractivity contribution is 9.10. The molecule has 0 bridgehead atoms. The third-order valence-corrected chi connectivity index (χ3v) is 2.37. The molecule has 5 nitrogen and oxygen atoms in total. The van der Waals surface area contributed by atoms with E-state index in [1.165, 1.54) is 12.8 Å². The van der Waals surface area contributed by atoms with Crippen molar-refractivity contribution in [2.24, 2.45) is 5.84 Å². The molecule has 70 valence electrons. The van der Waals surface area contributed by atoms with Gasteiger partial charge in [-0.05, 0) is 28.8 Å². The zero-order chi connectivity index (χ0) is 9.26. The molecule has 6 heteroatoms. The standard InChI is InChI=1S/C7H10BrN5/c8-5-3-10-7(13-9)12-6(5)11-4-1-2-4/h3-4H,1-2,9H2,(H2,10,11,12,13). The zero-order valence-electron chi connectivity index (χ0n) is 6.92. The van der Waals surface area contributed by atoms with Crippen LogP contribution in [0.25, 0.3) is 0 Å². The Balaban J connectivity index is 2.19. The molecule has 1 aliphatic rings. The maximum absolute atomic E-state index is 5.20. The van der Waals surface area contributed by atoms with Gasteiger partial charge in [-0.2, -0.15) is 4.98 Å². The van der Waals surface area contributed by atoms with E-state index in [1.54, 1.807) is 6.20 Å². The summed E-state index contributed by atoms with van der Waals surface area (Å²) >= 11 is 3.36. The molecule has 1 aromatic rings. The van der Waals surface area contributed by atoms with Crippen molar-refractivity contribution in [2.75, 3.05) is 10.7 Å². The third kappa shape index (κ3) is 2.07. The number of nitrogens with zero attached hydrogens (tertiary/aromatic N) is 2. The number of anilines is 2. The molecular weight excluding hydrogens is 234 g/mol. The number of hydrazine groups is 1. The van der Waals surface area contributed by atoms with Crippen LogP contribution in [0.15, 0.2) is 10.7 Å². The van der Waals surface area contributed by atoms with E-state index in [0.29, 0.717) is 12.0 Å². The monoisotopic (exact) mass is 243 g/mol. The topological polar surface area (TPSA) is 75.9 Å². The summed E-state index contributed by atoms with van der Waals surface area (Å²) in [6.45, 7) is 0. The minimum atomic E-state index is 0.423. The van der Waals surface area contributed by atoms with Crippen LogP contribution in [0.4, 0.5) is 11.8 Å². The van der Waals surface area contributed by atoms with Crippen LogP contribution in [0.5, 0.6) is 0 Å². The fourth-order valence-electron chi connectivity index (χ4n) is 0.959. The van der Waals surface area contributed by atoms with Crippen molar-refractivity contribution in [3.63, 3.8) is 0 Å². The summed E-state index contributed by atoms with van der Waals surface area (Å²) in [7, 11) is 0. The Morgan fingerprint density at radius 1 is 1.54 bits per heavy atom. The van der Waals surface area contributed by atoms with E-state index in [1.807, 2.05) is 0 Å². The van der Waals surface area contributed by atoms with Crippen LogP contribution in [0, 0.1) is 0 Å². The Morgan fingerprint density at radius 2 is 2.31 bits per heavy atom. The van der Waals surface area contributed by atoms with Gasteiger partial charge in [0.1, 0.15) is 5.82 Å². The van der Waals surface area contributed by atoms with Crippen molar-refractivity contribution < 1.29 is 0 Å². The van der Waals surface area contributed by atoms with Crippen LogP contribution in [0.3, 0.4) is 0 Å². The fourth-order valence-corrected chi connectivity index (χ4v) is 1.26. The minimum Gasteiger partial charge on any atom is -0.366 e. The van der Waals surface area contributed by atoms with Gasteiger partial charge in [0, 0.05) is 12.2 Å². The molecule has 0 spiro atoms. The van der Waals surface area contributed by atoms with Gasteiger partial charge < -0.3 is 5.32 Å². The molecule has 1 heterocycles. The van der Waals surface area contributed by atoms with E-state index in [0.717, 1.165) is 10.3 Å². The summed E-state index contributed by atoms with van der Waals surface area (Å²) in [5.74, 6) is 6.42. The van der Waals surface area contributed by atoms with E-state index < -0.39 is 0 Å². The van der Waals surface area contributed by atoms with Crippen LogP contribution >= 0.6 is 15.9 Å². The Hall–Kier alpha value is -0.880. The van der Waals surface area contributed by atoms with E-state index in [4.69, 9.17) is 5.84 Å². The normalized spacial score (nSPS) is 15.5. The van der Waals surface area contributed by atoms with Crippen molar-refractivity contribution in [1.82, 2.24) is 9.97 Å². The Morgan fingerprint density at radius 3 is 2.92 bits per heavy atom. The number of halogens is 1. The maximum Gasteiger partial charge on any atom is 0.239 e. The molecule has 0 atom stereocenters. The van der Waals surface area contributed by atoms with Crippen molar-refractivity contribution in [1.29, 1.82) is 0 Å². The van der Waals surface area contributed by atoms with Crippen LogP contribution < -0.4 is 16.6 Å². The first-order chi connectivity index (χ1) is 6.29. The number of nitrogen functional groups attached to an aromatic ring is 1. The first-order valence-corrected chi connectivity index (χ1v) is 4.84. The smallest absolute Gasteiger partial charge is 0.239 e.